The summed E-state index contributed by atoms with van der Waals surface area (Å²) in [6.07, 6.45) is -4.34. The molecule has 0 aliphatic heterocycles. The average Bonchev–Trinajstić information content (AvgIpc) is 2.27. The summed E-state index contributed by atoms with van der Waals surface area (Å²) in [4.78, 5) is 0. The van der Waals surface area contributed by atoms with E-state index in [1.807, 2.05) is 0 Å². The zero-order valence-electron chi connectivity index (χ0n) is 9.46. The number of hydrogen-bond donors (Lipinski definition) is 2. The topological polar surface area (TPSA) is 68.3 Å². The van der Waals surface area contributed by atoms with E-state index < -0.39 is 12.8 Å². The van der Waals surface area contributed by atoms with Crippen LogP contribution in [0.4, 0.5) is 13.2 Å². The van der Waals surface area contributed by atoms with Crippen LogP contribution in [0.15, 0.2) is 24.3 Å². The summed E-state index contributed by atoms with van der Waals surface area (Å²) in [7, 11) is 0. The molecule has 1 aromatic rings. The Morgan fingerprint density at radius 3 is 2.50 bits per heavy atom. The highest BCUT2D eigenvalue weighted by Crippen LogP contribution is 2.17. The van der Waals surface area contributed by atoms with Crippen LogP contribution in [0.1, 0.15) is 5.56 Å². The number of benzene rings is 1. The van der Waals surface area contributed by atoms with Crippen molar-refractivity contribution in [3.63, 3.8) is 0 Å². The molecule has 18 heavy (non-hydrogen) atoms. The number of nitrogens with two attached hydrogens (primary N) is 1. The monoisotopic (exact) mass is 262 g/mol. The van der Waals surface area contributed by atoms with Crippen LogP contribution in [-0.4, -0.2) is 31.8 Å². The number of para-hydroxylation sites is 1. The lowest BCUT2D eigenvalue weighted by molar-refractivity contribution is -0.175. The third-order valence-corrected chi connectivity index (χ3v) is 1.93. The maximum absolute atomic E-state index is 11.8. The molecule has 100 valence electrons. The molecule has 0 aromatic heterocycles. The van der Waals surface area contributed by atoms with Gasteiger partial charge in [-0.15, -0.1) is 0 Å². The molecule has 0 bridgehead atoms. The van der Waals surface area contributed by atoms with Crippen LogP contribution in [0.3, 0.4) is 0 Å². The molecular weight excluding hydrogens is 249 g/mol. The number of nitrogen functional groups attached to an aromatic ring is 1. The summed E-state index contributed by atoms with van der Waals surface area (Å²) in [6.45, 7) is -1.53. The summed E-state index contributed by atoms with van der Waals surface area (Å²) < 4.78 is 44.9. The van der Waals surface area contributed by atoms with Crippen molar-refractivity contribution in [3.05, 3.63) is 29.8 Å². The predicted octanol–water partition coefficient (Wildman–Crippen LogP) is 1.93. The van der Waals surface area contributed by atoms with Gasteiger partial charge in [0.2, 0.25) is 0 Å². The summed E-state index contributed by atoms with van der Waals surface area (Å²) in [5, 5.41) is 7.29. The average molecular weight is 262 g/mol. The highest BCUT2D eigenvalue weighted by Gasteiger charge is 2.27. The maximum Gasteiger partial charge on any atom is 0.411 e. The molecule has 4 nitrogen and oxygen atoms in total. The first-order valence-corrected chi connectivity index (χ1v) is 5.11. The van der Waals surface area contributed by atoms with Gasteiger partial charge in [-0.2, -0.15) is 13.2 Å². The van der Waals surface area contributed by atoms with Gasteiger partial charge in [-0.25, -0.2) is 0 Å². The second kappa shape index (κ2) is 6.25. The normalized spacial score (nSPS) is 11.3. The summed E-state index contributed by atoms with van der Waals surface area (Å²) in [5.41, 5.74) is 5.72. The molecule has 0 aliphatic rings. The first-order valence-electron chi connectivity index (χ1n) is 5.11. The maximum atomic E-state index is 11.8. The fourth-order valence-corrected chi connectivity index (χ4v) is 1.21. The quantitative estimate of drug-likeness (QED) is 0.467. The van der Waals surface area contributed by atoms with E-state index in [-0.39, 0.29) is 19.0 Å². The molecule has 0 radical (unpaired) electrons. The largest absolute Gasteiger partial charge is 0.490 e. The van der Waals surface area contributed by atoms with E-state index in [1.54, 1.807) is 24.3 Å². The molecule has 0 heterocycles. The Bertz CT molecular complexity index is 408. The number of alkyl halides is 3. The van der Waals surface area contributed by atoms with Gasteiger partial charge in [0.15, 0.2) is 0 Å². The van der Waals surface area contributed by atoms with E-state index in [0.29, 0.717) is 11.3 Å². The highest BCUT2D eigenvalue weighted by atomic mass is 19.4. The SMILES string of the molecule is N=C(N)c1ccccc1OCCOCC(F)(F)F. The van der Waals surface area contributed by atoms with Crippen molar-refractivity contribution in [2.24, 2.45) is 5.73 Å². The number of ether oxygens (including phenoxy) is 2. The molecule has 0 aliphatic carbocycles. The van der Waals surface area contributed by atoms with Gasteiger partial charge in [-0.1, -0.05) is 12.1 Å². The molecule has 0 saturated heterocycles. The second-order valence-electron chi connectivity index (χ2n) is 3.43. The molecule has 1 aromatic carbocycles. The van der Waals surface area contributed by atoms with Crippen molar-refractivity contribution in [1.82, 2.24) is 0 Å². The minimum Gasteiger partial charge on any atom is -0.490 e. The highest BCUT2D eigenvalue weighted by molar-refractivity contribution is 5.97. The van der Waals surface area contributed by atoms with Crippen LogP contribution >= 0.6 is 0 Å². The standard InChI is InChI=1S/C11H13F3N2O2/c12-11(13,14)7-17-5-6-18-9-4-2-1-3-8(9)10(15)16/h1-4H,5-7H2,(H3,15,16). The van der Waals surface area contributed by atoms with E-state index in [0.717, 1.165) is 0 Å². The van der Waals surface area contributed by atoms with Crippen LogP contribution in [0, 0.1) is 5.41 Å². The number of rotatable bonds is 6. The number of halogens is 3. The predicted molar refractivity (Wildman–Crippen MR) is 59.8 cm³/mol. The molecule has 0 saturated carbocycles. The van der Waals surface area contributed by atoms with Crippen molar-refractivity contribution in [1.29, 1.82) is 5.41 Å². The Hall–Kier alpha value is -1.76. The van der Waals surface area contributed by atoms with E-state index >= 15 is 0 Å². The molecule has 1 rings (SSSR count). The minimum absolute atomic E-state index is 0.0413. The first-order chi connectivity index (χ1) is 8.40. The fourth-order valence-electron chi connectivity index (χ4n) is 1.21. The Labute approximate surface area is 102 Å². The van der Waals surface area contributed by atoms with Crippen molar-refractivity contribution in [3.8, 4) is 5.75 Å². The number of hydrogen-bond acceptors (Lipinski definition) is 3. The van der Waals surface area contributed by atoms with Gasteiger partial charge >= 0.3 is 6.18 Å². The van der Waals surface area contributed by atoms with Crippen LogP contribution in [-0.2, 0) is 4.74 Å². The van der Waals surface area contributed by atoms with Gasteiger partial charge in [0.1, 0.15) is 24.8 Å². The zero-order chi connectivity index (χ0) is 13.6. The van der Waals surface area contributed by atoms with Crippen molar-refractivity contribution in [2.75, 3.05) is 19.8 Å². The Morgan fingerprint density at radius 1 is 1.22 bits per heavy atom. The summed E-state index contributed by atoms with van der Waals surface area (Å²) in [5.74, 6) is 0.183. The minimum atomic E-state index is -4.34. The summed E-state index contributed by atoms with van der Waals surface area (Å²) >= 11 is 0. The van der Waals surface area contributed by atoms with E-state index in [1.165, 1.54) is 0 Å². The Morgan fingerprint density at radius 2 is 1.89 bits per heavy atom. The van der Waals surface area contributed by atoms with Gasteiger partial charge in [0.05, 0.1) is 12.2 Å². The van der Waals surface area contributed by atoms with Crippen LogP contribution in [0.25, 0.3) is 0 Å². The van der Waals surface area contributed by atoms with Crippen LogP contribution in [0.5, 0.6) is 5.75 Å². The van der Waals surface area contributed by atoms with Gasteiger partial charge in [-0.05, 0) is 12.1 Å². The van der Waals surface area contributed by atoms with Crippen LogP contribution < -0.4 is 10.5 Å². The number of nitrogens with one attached hydrogen (secondary N) is 1. The van der Waals surface area contributed by atoms with Gasteiger partial charge in [0.25, 0.3) is 0 Å². The molecular formula is C11H13F3N2O2. The lowest BCUT2D eigenvalue weighted by Gasteiger charge is -2.11. The van der Waals surface area contributed by atoms with Gasteiger partial charge in [-0.3, -0.25) is 5.41 Å². The molecule has 0 spiro atoms. The third kappa shape index (κ3) is 5.05. The molecule has 3 N–H and O–H groups in total. The zero-order valence-corrected chi connectivity index (χ0v) is 9.46. The molecule has 0 amide bonds. The number of amidine groups is 1. The van der Waals surface area contributed by atoms with Crippen molar-refractivity contribution in [2.45, 2.75) is 6.18 Å². The van der Waals surface area contributed by atoms with E-state index in [9.17, 15) is 13.2 Å². The van der Waals surface area contributed by atoms with Gasteiger partial charge < -0.3 is 15.2 Å². The lowest BCUT2D eigenvalue weighted by atomic mass is 10.2. The van der Waals surface area contributed by atoms with E-state index in [4.69, 9.17) is 15.9 Å². The van der Waals surface area contributed by atoms with Gasteiger partial charge in [0, 0.05) is 0 Å². The molecule has 0 fully saturated rings. The van der Waals surface area contributed by atoms with Crippen molar-refractivity contribution < 1.29 is 22.6 Å². The lowest BCUT2D eigenvalue weighted by Crippen LogP contribution is -2.20. The third-order valence-electron chi connectivity index (χ3n) is 1.93. The molecule has 0 atom stereocenters. The van der Waals surface area contributed by atoms with Crippen LogP contribution in [0.2, 0.25) is 0 Å². The smallest absolute Gasteiger partial charge is 0.411 e. The summed E-state index contributed by atoms with van der Waals surface area (Å²) in [6, 6.07) is 6.54. The van der Waals surface area contributed by atoms with Crippen molar-refractivity contribution >= 4 is 5.84 Å². The van der Waals surface area contributed by atoms with E-state index in [2.05, 4.69) is 4.74 Å². The fraction of sp³-hybridized carbons (Fsp3) is 0.364. The second-order valence-corrected chi connectivity index (χ2v) is 3.43. The Kier molecular flexibility index (Phi) is 4.96. The Balaban J connectivity index is 2.38. The first kappa shape index (κ1) is 14.3. The molecule has 7 heteroatoms. The molecule has 0 unspecified atom stereocenters.